The van der Waals surface area contributed by atoms with Crippen molar-refractivity contribution in [3.05, 3.63) is 30.7 Å². The molecule has 1 aliphatic rings. The summed E-state index contributed by atoms with van der Waals surface area (Å²) in [5.74, 6) is 0. The third-order valence-corrected chi connectivity index (χ3v) is 1.41. The number of hydrogen-bond donors (Lipinski definition) is 0. The second kappa shape index (κ2) is 2.71. The third kappa shape index (κ3) is 1.22. The van der Waals surface area contributed by atoms with Crippen LogP contribution in [0, 0.1) is 6.42 Å². The molecule has 0 saturated heterocycles. The van der Waals surface area contributed by atoms with E-state index in [1.807, 2.05) is 6.08 Å². The first kappa shape index (κ1) is 5.61. The minimum Gasteiger partial charge on any atom is -0.102 e. The summed E-state index contributed by atoms with van der Waals surface area (Å²) in [6.45, 7) is 3.63. The van der Waals surface area contributed by atoms with E-state index in [0.29, 0.717) is 0 Å². The summed E-state index contributed by atoms with van der Waals surface area (Å²) >= 11 is 0. The smallest absolute Gasteiger partial charge is 0.00742 e. The van der Waals surface area contributed by atoms with Crippen molar-refractivity contribution in [3.63, 3.8) is 0 Å². The fraction of sp³-hybridized carbons (Fsp3) is 0.375. The van der Waals surface area contributed by atoms with Gasteiger partial charge in [-0.25, -0.2) is 0 Å². The molecule has 0 aromatic rings. The van der Waals surface area contributed by atoms with Gasteiger partial charge in [0.15, 0.2) is 0 Å². The zero-order chi connectivity index (χ0) is 5.82. The molecular formula is C8H11. The molecule has 0 unspecified atom stereocenters. The highest BCUT2D eigenvalue weighted by molar-refractivity contribution is 5.22. The van der Waals surface area contributed by atoms with E-state index in [4.69, 9.17) is 0 Å². The molecule has 1 radical (unpaired) electrons. The first-order valence-corrected chi connectivity index (χ1v) is 3.08. The summed E-state index contributed by atoms with van der Waals surface area (Å²) < 4.78 is 0. The Kier molecular flexibility index (Phi) is 1.90. The molecule has 0 nitrogen and oxygen atoms in total. The molecule has 1 rings (SSSR count). The van der Waals surface area contributed by atoms with E-state index in [2.05, 4.69) is 19.1 Å². The van der Waals surface area contributed by atoms with E-state index in [0.717, 1.165) is 0 Å². The van der Waals surface area contributed by atoms with Gasteiger partial charge in [-0.2, -0.15) is 0 Å². The van der Waals surface area contributed by atoms with Crippen molar-refractivity contribution >= 4 is 0 Å². The average molecular weight is 107 g/mol. The normalized spacial score (nSPS) is 18.2. The van der Waals surface area contributed by atoms with Crippen LogP contribution in [0.4, 0.5) is 0 Å². The van der Waals surface area contributed by atoms with Crippen LogP contribution in [0.3, 0.4) is 0 Å². The summed E-state index contributed by atoms with van der Waals surface area (Å²) in [6, 6.07) is 0. The van der Waals surface area contributed by atoms with Gasteiger partial charge in [-0.05, 0) is 19.3 Å². The Morgan fingerprint density at radius 3 is 3.00 bits per heavy atom. The maximum atomic E-state index is 3.63. The van der Waals surface area contributed by atoms with Crippen LogP contribution in [0.1, 0.15) is 19.3 Å². The second-order valence-electron chi connectivity index (χ2n) is 2.07. The molecule has 0 atom stereocenters. The van der Waals surface area contributed by atoms with Crippen molar-refractivity contribution in [2.45, 2.75) is 19.3 Å². The zero-order valence-corrected chi connectivity index (χ0v) is 5.06. The van der Waals surface area contributed by atoms with Crippen LogP contribution in [0.25, 0.3) is 0 Å². The lowest BCUT2D eigenvalue weighted by Gasteiger charge is -1.90. The topological polar surface area (TPSA) is 0 Å². The van der Waals surface area contributed by atoms with Crippen LogP contribution in [0.5, 0.6) is 0 Å². The third-order valence-electron chi connectivity index (χ3n) is 1.41. The van der Waals surface area contributed by atoms with Crippen molar-refractivity contribution < 1.29 is 0 Å². The summed E-state index contributed by atoms with van der Waals surface area (Å²) in [6.07, 6.45) is 10.1. The molecular weight excluding hydrogens is 96.1 g/mol. The van der Waals surface area contributed by atoms with Crippen LogP contribution in [-0.4, -0.2) is 0 Å². The van der Waals surface area contributed by atoms with Gasteiger partial charge in [0.25, 0.3) is 0 Å². The predicted molar refractivity (Wildman–Crippen MR) is 36.4 cm³/mol. The fourth-order valence-corrected chi connectivity index (χ4v) is 0.998. The van der Waals surface area contributed by atoms with Gasteiger partial charge in [0.1, 0.15) is 0 Å². The van der Waals surface area contributed by atoms with Gasteiger partial charge in [0.05, 0.1) is 0 Å². The van der Waals surface area contributed by atoms with Crippen LogP contribution >= 0.6 is 0 Å². The van der Waals surface area contributed by atoms with Gasteiger partial charge in [-0.1, -0.05) is 17.7 Å². The quantitative estimate of drug-likeness (QED) is 0.508. The monoisotopic (exact) mass is 107 g/mol. The van der Waals surface area contributed by atoms with Crippen molar-refractivity contribution in [3.8, 4) is 0 Å². The Labute approximate surface area is 50.9 Å². The van der Waals surface area contributed by atoms with Gasteiger partial charge < -0.3 is 0 Å². The molecule has 0 bridgehead atoms. The summed E-state index contributed by atoms with van der Waals surface area (Å²) in [7, 11) is 0. The molecule has 0 fully saturated rings. The Morgan fingerprint density at radius 2 is 2.50 bits per heavy atom. The number of rotatable bonds is 2. The molecule has 8 heavy (non-hydrogen) atoms. The molecule has 1 aliphatic carbocycles. The summed E-state index contributed by atoms with van der Waals surface area (Å²) in [5, 5.41) is 0. The Balaban J connectivity index is 2.33. The highest BCUT2D eigenvalue weighted by atomic mass is 14.1. The zero-order valence-electron chi connectivity index (χ0n) is 5.06. The van der Waals surface area contributed by atoms with Crippen molar-refractivity contribution in [2.24, 2.45) is 0 Å². The summed E-state index contributed by atoms with van der Waals surface area (Å²) in [4.78, 5) is 0. The Morgan fingerprint density at radius 1 is 1.62 bits per heavy atom. The van der Waals surface area contributed by atoms with Gasteiger partial charge in [-0.3, -0.25) is 0 Å². The molecule has 0 N–H and O–H groups in total. The van der Waals surface area contributed by atoms with Crippen LogP contribution in [0.2, 0.25) is 0 Å². The van der Waals surface area contributed by atoms with Crippen LogP contribution < -0.4 is 0 Å². The van der Waals surface area contributed by atoms with Crippen LogP contribution in [0.15, 0.2) is 24.3 Å². The first-order valence-electron chi connectivity index (χ1n) is 3.08. The van der Waals surface area contributed by atoms with E-state index in [9.17, 15) is 0 Å². The lowest BCUT2D eigenvalue weighted by Crippen LogP contribution is -1.72. The van der Waals surface area contributed by atoms with Gasteiger partial charge in [-0.15, -0.1) is 6.58 Å². The molecule has 0 aromatic carbocycles. The largest absolute Gasteiger partial charge is 0.102 e. The molecule has 0 spiro atoms. The highest BCUT2D eigenvalue weighted by Crippen LogP contribution is 2.19. The van der Waals surface area contributed by atoms with E-state index < -0.39 is 0 Å². The molecule has 43 valence electrons. The molecule has 0 aliphatic heterocycles. The SMILES string of the molecule is C=C[CH]C1=CCCC1. The van der Waals surface area contributed by atoms with E-state index in [-0.39, 0.29) is 0 Å². The average Bonchev–Trinajstić information content (AvgIpc) is 2.19. The standard InChI is InChI=1S/C8H11/c1-2-5-8-6-3-4-7-8/h2,5-6H,1,3-4,7H2. The van der Waals surface area contributed by atoms with E-state index >= 15 is 0 Å². The first-order chi connectivity index (χ1) is 3.93. The van der Waals surface area contributed by atoms with Crippen molar-refractivity contribution in [1.29, 1.82) is 0 Å². The molecule has 0 amide bonds. The van der Waals surface area contributed by atoms with Gasteiger partial charge in [0, 0.05) is 6.42 Å². The minimum atomic E-state index is 1.26. The van der Waals surface area contributed by atoms with Gasteiger partial charge >= 0.3 is 0 Å². The van der Waals surface area contributed by atoms with Crippen LogP contribution in [-0.2, 0) is 0 Å². The van der Waals surface area contributed by atoms with E-state index in [1.165, 1.54) is 24.8 Å². The Bertz CT molecular complexity index is 109. The predicted octanol–water partition coefficient (Wildman–Crippen LogP) is 2.49. The molecule has 0 heterocycles. The fourth-order valence-electron chi connectivity index (χ4n) is 0.998. The highest BCUT2D eigenvalue weighted by Gasteiger charge is 2.00. The molecule has 0 heteroatoms. The van der Waals surface area contributed by atoms with E-state index in [1.54, 1.807) is 0 Å². The minimum absolute atomic E-state index is 1.26. The lowest BCUT2D eigenvalue weighted by molar-refractivity contribution is 0.912. The number of hydrogen-bond acceptors (Lipinski definition) is 0. The number of allylic oxidation sites excluding steroid dienone is 3. The molecule has 0 saturated carbocycles. The maximum absolute atomic E-state index is 3.63. The Hall–Kier alpha value is -0.520. The van der Waals surface area contributed by atoms with Crippen molar-refractivity contribution in [2.75, 3.05) is 0 Å². The second-order valence-corrected chi connectivity index (χ2v) is 2.07. The summed E-state index contributed by atoms with van der Waals surface area (Å²) in [5.41, 5.74) is 1.46. The van der Waals surface area contributed by atoms with Gasteiger partial charge in [0.2, 0.25) is 0 Å². The lowest BCUT2D eigenvalue weighted by atomic mass is 10.2. The maximum Gasteiger partial charge on any atom is 0.00742 e. The van der Waals surface area contributed by atoms with Crippen molar-refractivity contribution in [1.82, 2.24) is 0 Å². The molecule has 0 aromatic heterocycles.